The molecule has 0 unspecified atom stereocenters. The van der Waals surface area contributed by atoms with Crippen molar-refractivity contribution in [2.45, 2.75) is 25.8 Å². The highest BCUT2D eigenvalue weighted by atomic mass is 16.1. The molecule has 2 aromatic rings. The van der Waals surface area contributed by atoms with Crippen molar-refractivity contribution >= 4 is 5.91 Å². The number of hydrogen-bond acceptors (Lipinski definition) is 5. The quantitative estimate of drug-likeness (QED) is 0.907. The molecule has 3 rings (SSSR count). The Bertz CT molecular complexity index is 837. The molecule has 0 saturated carbocycles. The Hall–Kier alpha value is -2.72. The Morgan fingerprint density at radius 3 is 2.88 bits per heavy atom. The van der Waals surface area contributed by atoms with Crippen molar-refractivity contribution in [2.75, 3.05) is 20.1 Å². The molecule has 136 valence electrons. The van der Waals surface area contributed by atoms with Crippen LogP contribution in [0.15, 0.2) is 24.7 Å². The minimum absolute atomic E-state index is 0.199. The topological polar surface area (TPSA) is 86.8 Å². The first kappa shape index (κ1) is 18.1. The highest BCUT2D eigenvalue weighted by molar-refractivity contribution is 5.92. The van der Waals surface area contributed by atoms with E-state index < -0.39 is 0 Å². The Kier molecular flexibility index (Phi) is 5.33. The summed E-state index contributed by atoms with van der Waals surface area (Å²) in [6.07, 6.45) is 5.89. The van der Waals surface area contributed by atoms with Crippen molar-refractivity contribution in [1.29, 1.82) is 5.26 Å². The zero-order valence-corrected chi connectivity index (χ0v) is 15.4. The number of imidazole rings is 1. The van der Waals surface area contributed by atoms with Gasteiger partial charge in [-0.05, 0) is 51.4 Å². The van der Waals surface area contributed by atoms with Gasteiger partial charge in [0.25, 0.3) is 5.91 Å². The first-order valence-corrected chi connectivity index (χ1v) is 8.83. The van der Waals surface area contributed by atoms with Crippen LogP contribution in [0.4, 0.5) is 0 Å². The van der Waals surface area contributed by atoms with Crippen molar-refractivity contribution in [2.24, 2.45) is 13.0 Å². The number of carbonyl (C=O) groups is 1. The Balaban J connectivity index is 1.71. The lowest BCUT2D eigenvalue weighted by molar-refractivity contribution is 0.0877. The van der Waals surface area contributed by atoms with Gasteiger partial charge in [-0.25, -0.2) is 9.97 Å². The summed E-state index contributed by atoms with van der Waals surface area (Å²) in [6, 6.07) is 5.54. The van der Waals surface area contributed by atoms with E-state index in [4.69, 9.17) is 5.26 Å². The van der Waals surface area contributed by atoms with Gasteiger partial charge in [-0.2, -0.15) is 5.26 Å². The van der Waals surface area contributed by atoms with Crippen molar-refractivity contribution < 1.29 is 4.79 Å². The average Bonchev–Trinajstić information content (AvgIpc) is 3.05. The largest absolute Gasteiger partial charge is 0.350 e. The first-order valence-electron chi connectivity index (χ1n) is 8.83. The lowest BCUT2D eigenvalue weighted by Gasteiger charge is -2.39. The van der Waals surface area contributed by atoms with Crippen LogP contribution in [-0.2, 0) is 7.05 Å². The molecular weight excluding hydrogens is 328 g/mol. The van der Waals surface area contributed by atoms with Crippen LogP contribution < -0.4 is 5.32 Å². The molecule has 0 aliphatic carbocycles. The predicted molar refractivity (Wildman–Crippen MR) is 97.3 cm³/mol. The number of piperidine rings is 1. The molecule has 1 aliphatic heterocycles. The van der Waals surface area contributed by atoms with E-state index in [9.17, 15) is 4.79 Å². The van der Waals surface area contributed by atoms with Crippen LogP contribution in [-0.4, -0.2) is 45.5 Å². The molecule has 0 radical (unpaired) electrons. The van der Waals surface area contributed by atoms with Gasteiger partial charge in [0.2, 0.25) is 0 Å². The van der Waals surface area contributed by atoms with E-state index in [2.05, 4.69) is 33.3 Å². The fraction of sp³-hybridized carbons (Fsp3) is 0.474. The molecule has 0 bridgehead atoms. The van der Waals surface area contributed by atoms with E-state index in [1.54, 1.807) is 19.1 Å². The number of nitrogens with zero attached hydrogens (tertiary/aromatic N) is 5. The zero-order chi connectivity index (χ0) is 18.7. The van der Waals surface area contributed by atoms with E-state index >= 15 is 0 Å². The molecule has 7 heteroatoms. The number of rotatable bonds is 4. The number of aromatic nitrogens is 3. The lowest BCUT2D eigenvalue weighted by Crippen LogP contribution is -2.42. The smallest absolute Gasteiger partial charge is 0.269 e. The van der Waals surface area contributed by atoms with Gasteiger partial charge in [0, 0.05) is 19.8 Å². The van der Waals surface area contributed by atoms with Gasteiger partial charge in [-0.15, -0.1) is 0 Å². The molecule has 2 atom stereocenters. The molecule has 0 spiro atoms. The normalized spacial score (nSPS) is 20.5. The van der Waals surface area contributed by atoms with Crippen LogP contribution in [0.1, 0.15) is 46.3 Å². The Morgan fingerprint density at radius 1 is 1.42 bits per heavy atom. The highest BCUT2D eigenvalue weighted by Crippen LogP contribution is 2.34. The van der Waals surface area contributed by atoms with E-state index in [0.717, 1.165) is 19.4 Å². The van der Waals surface area contributed by atoms with Crippen LogP contribution in [0.2, 0.25) is 0 Å². The van der Waals surface area contributed by atoms with Gasteiger partial charge < -0.3 is 9.88 Å². The van der Waals surface area contributed by atoms with E-state index in [0.29, 0.717) is 29.4 Å². The maximum Gasteiger partial charge on any atom is 0.269 e. The van der Waals surface area contributed by atoms with E-state index in [1.165, 1.54) is 5.69 Å². The molecule has 7 nitrogen and oxygen atoms in total. The average molecular weight is 352 g/mol. The molecule has 1 N–H and O–H groups in total. The summed E-state index contributed by atoms with van der Waals surface area (Å²) in [5.41, 5.74) is 2.58. The summed E-state index contributed by atoms with van der Waals surface area (Å²) in [5, 5.41) is 12.0. The minimum atomic E-state index is -0.199. The van der Waals surface area contributed by atoms with Gasteiger partial charge in [0.1, 0.15) is 11.8 Å². The fourth-order valence-corrected chi connectivity index (χ4v) is 3.71. The molecule has 1 aliphatic rings. The van der Waals surface area contributed by atoms with E-state index in [1.807, 2.05) is 24.1 Å². The molecule has 0 aromatic carbocycles. The number of likely N-dealkylation sites (tertiary alicyclic amines) is 1. The number of pyridine rings is 1. The number of nitriles is 1. The summed E-state index contributed by atoms with van der Waals surface area (Å²) in [5.74, 6) is 0.113. The monoisotopic (exact) mass is 352 g/mol. The van der Waals surface area contributed by atoms with Crippen molar-refractivity contribution in [3.05, 3.63) is 47.3 Å². The highest BCUT2D eigenvalue weighted by Gasteiger charge is 2.32. The van der Waals surface area contributed by atoms with Gasteiger partial charge >= 0.3 is 0 Å². The van der Waals surface area contributed by atoms with Crippen LogP contribution in [0.3, 0.4) is 0 Å². The SMILES string of the molecule is Cc1nc(C(=O)NC[C@@H]2CCCN(C)[C@H]2c2cncn2C)ccc1C#N. The van der Waals surface area contributed by atoms with Gasteiger partial charge in [-0.1, -0.05) is 0 Å². The van der Waals surface area contributed by atoms with Crippen molar-refractivity contribution in [3.63, 3.8) is 0 Å². The third kappa shape index (κ3) is 3.60. The standard InChI is InChI=1S/C19H24N6O/c1-13-14(9-20)6-7-16(23-13)19(26)22-10-15-5-4-8-24(2)18(15)17-11-21-12-25(17)3/h6-7,11-12,15,18H,4-5,8,10H2,1-3H3,(H,22,26)/t15-,18+/m0/s1. The maximum absolute atomic E-state index is 12.5. The summed E-state index contributed by atoms with van der Waals surface area (Å²) >= 11 is 0. The fourth-order valence-electron chi connectivity index (χ4n) is 3.71. The summed E-state index contributed by atoms with van der Waals surface area (Å²) in [7, 11) is 4.13. The molecule has 1 fully saturated rings. The third-order valence-corrected chi connectivity index (χ3v) is 5.13. The Labute approximate surface area is 153 Å². The molecule has 3 heterocycles. The molecule has 2 aromatic heterocycles. The number of carbonyl (C=O) groups excluding carboxylic acids is 1. The first-order chi connectivity index (χ1) is 12.5. The second-order valence-electron chi connectivity index (χ2n) is 6.91. The Morgan fingerprint density at radius 2 is 2.23 bits per heavy atom. The number of nitrogens with one attached hydrogen (secondary N) is 1. The summed E-state index contributed by atoms with van der Waals surface area (Å²) in [4.78, 5) is 23.3. The summed E-state index contributed by atoms with van der Waals surface area (Å²) < 4.78 is 2.05. The third-order valence-electron chi connectivity index (χ3n) is 5.13. The van der Waals surface area contributed by atoms with Gasteiger partial charge in [0.05, 0.1) is 29.3 Å². The zero-order valence-electron chi connectivity index (χ0n) is 15.4. The molecule has 26 heavy (non-hydrogen) atoms. The van der Waals surface area contributed by atoms with Gasteiger partial charge in [-0.3, -0.25) is 9.69 Å². The second-order valence-corrected chi connectivity index (χ2v) is 6.91. The van der Waals surface area contributed by atoms with Crippen LogP contribution in [0, 0.1) is 24.2 Å². The molecular formula is C19H24N6O. The van der Waals surface area contributed by atoms with E-state index in [-0.39, 0.29) is 11.9 Å². The minimum Gasteiger partial charge on any atom is -0.350 e. The molecule has 1 amide bonds. The van der Waals surface area contributed by atoms with Crippen LogP contribution >= 0.6 is 0 Å². The second kappa shape index (κ2) is 7.67. The summed E-state index contributed by atoms with van der Waals surface area (Å²) in [6.45, 7) is 3.36. The predicted octanol–water partition coefficient (Wildman–Crippen LogP) is 1.81. The van der Waals surface area contributed by atoms with Crippen molar-refractivity contribution in [3.8, 4) is 6.07 Å². The number of hydrogen-bond donors (Lipinski definition) is 1. The van der Waals surface area contributed by atoms with Crippen LogP contribution in [0.5, 0.6) is 0 Å². The number of aryl methyl sites for hydroxylation is 2. The molecule has 1 saturated heterocycles. The van der Waals surface area contributed by atoms with Crippen LogP contribution in [0.25, 0.3) is 0 Å². The van der Waals surface area contributed by atoms with Crippen molar-refractivity contribution in [1.82, 2.24) is 24.8 Å². The van der Waals surface area contributed by atoms with Gasteiger partial charge in [0.15, 0.2) is 0 Å². The maximum atomic E-state index is 12.5. The number of amides is 1. The lowest BCUT2D eigenvalue weighted by atomic mass is 9.87.